The molecule has 3 aromatic rings. The van der Waals surface area contributed by atoms with E-state index in [2.05, 4.69) is 34.9 Å². The van der Waals surface area contributed by atoms with E-state index >= 15 is 0 Å². The number of fused-ring (bicyclic) bond motifs is 2. The van der Waals surface area contributed by atoms with Gasteiger partial charge in [0.15, 0.2) is 0 Å². The van der Waals surface area contributed by atoms with E-state index in [4.69, 9.17) is 16.6 Å². The molecule has 0 bridgehead atoms. The van der Waals surface area contributed by atoms with Crippen LogP contribution in [0.25, 0.3) is 10.2 Å². The zero-order valence-corrected chi connectivity index (χ0v) is 19.0. The van der Waals surface area contributed by atoms with Crippen molar-refractivity contribution in [3.8, 4) is 0 Å². The Labute approximate surface area is 188 Å². The van der Waals surface area contributed by atoms with Crippen LogP contribution in [-0.4, -0.2) is 18.1 Å². The predicted octanol–water partition coefficient (Wildman–Crippen LogP) is 6.37. The third-order valence-corrected chi connectivity index (χ3v) is 7.99. The minimum Gasteiger partial charge on any atom is -0.380 e. The van der Waals surface area contributed by atoms with Crippen LogP contribution in [0.15, 0.2) is 30.3 Å². The highest BCUT2D eigenvalue weighted by Crippen LogP contribution is 2.33. The number of nitrogens with zero attached hydrogens (tertiary/aromatic N) is 1. The molecule has 5 heteroatoms. The summed E-state index contributed by atoms with van der Waals surface area (Å²) in [4.78, 5) is 4.92. The van der Waals surface area contributed by atoms with Gasteiger partial charge in [0.25, 0.3) is 0 Å². The summed E-state index contributed by atoms with van der Waals surface area (Å²) in [6.07, 6.45) is 10.2. The Morgan fingerprint density at radius 1 is 1.07 bits per heavy atom. The third kappa shape index (κ3) is 4.51. The highest BCUT2D eigenvalue weighted by Gasteiger charge is 2.17. The van der Waals surface area contributed by atoms with E-state index in [1.807, 2.05) is 17.4 Å². The molecule has 2 N–H and O–H groups in total. The maximum absolute atomic E-state index is 6.58. The van der Waals surface area contributed by atoms with Gasteiger partial charge in [-0.15, -0.1) is 11.3 Å². The molecule has 158 valence electrons. The molecule has 1 aromatic heterocycles. The fourth-order valence-electron chi connectivity index (χ4n) is 4.98. The summed E-state index contributed by atoms with van der Waals surface area (Å²) in [5.74, 6) is 0.838. The maximum atomic E-state index is 6.58. The molecular weight excluding hydrogens is 410 g/mol. The van der Waals surface area contributed by atoms with E-state index in [-0.39, 0.29) is 0 Å². The van der Waals surface area contributed by atoms with Crippen molar-refractivity contribution in [1.29, 1.82) is 0 Å². The van der Waals surface area contributed by atoms with E-state index in [0.717, 1.165) is 61.0 Å². The Morgan fingerprint density at radius 3 is 2.83 bits per heavy atom. The van der Waals surface area contributed by atoms with Crippen molar-refractivity contribution in [3.05, 3.63) is 57.1 Å². The molecule has 0 spiro atoms. The number of anilines is 1. The zero-order valence-electron chi connectivity index (χ0n) is 17.5. The zero-order chi connectivity index (χ0) is 20.3. The van der Waals surface area contributed by atoms with Crippen LogP contribution in [0.3, 0.4) is 0 Å². The van der Waals surface area contributed by atoms with Gasteiger partial charge in [0.1, 0.15) is 0 Å². The van der Waals surface area contributed by atoms with Crippen molar-refractivity contribution < 1.29 is 0 Å². The first-order valence-corrected chi connectivity index (χ1v) is 12.6. The molecule has 0 atom stereocenters. The molecule has 0 unspecified atom stereocenters. The highest BCUT2D eigenvalue weighted by atomic mass is 35.5. The van der Waals surface area contributed by atoms with Gasteiger partial charge >= 0.3 is 0 Å². The Hall–Kier alpha value is -1.62. The smallest absolute Gasteiger partial charge is 0.0941 e. The Balaban J connectivity index is 1.31. The number of aromatic nitrogens is 1. The second kappa shape index (κ2) is 9.25. The van der Waals surface area contributed by atoms with Gasteiger partial charge in [-0.2, -0.15) is 0 Å². The molecule has 1 fully saturated rings. The van der Waals surface area contributed by atoms with Gasteiger partial charge in [0.05, 0.1) is 25.9 Å². The Morgan fingerprint density at radius 2 is 1.93 bits per heavy atom. The van der Waals surface area contributed by atoms with E-state index in [1.165, 1.54) is 58.5 Å². The molecule has 30 heavy (non-hydrogen) atoms. The fraction of sp³-hybridized carbons (Fsp3) is 0.480. The number of hydrogen-bond donors (Lipinski definition) is 2. The lowest BCUT2D eigenvalue weighted by atomic mass is 9.87. The number of halogens is 1. The molecule has 1 aliphatic carbocycles. The average molecular weight is 440 g/mol. The fourth-order valence-corrected chi connectivity index (χ4v) is 6.37. The largest absolute Gasteiger partial charge is 0.380 e. The van der Waals surface area contributed by atoms with Crippen molar-refractivity contribution in [2.24, 2.45) is 5.92 Å². The van der Waals surface area contributed by atoms with Gasteiger partial charge in [-0.1, -0.05) is 55.8 Å². The molecule has 0 radical (unpaired) electrons. The quantitative estimate of drug-likeness (QED) is 0.484. The minimum atomic E-state index is 0.787. The topological polar surface area (TPSA) is 37.0 Å². The van der Waals surface area contributed by atoms with Gasteiger partial charge in [-0.3, -0.25) is 0 Å². The van der Waals surface area contributed by atoms with Crippen LogP contribution in [0.4, 0.5) is 5.69 Å². The van der Waals surface area contributed by atoms with Crippen LogP contribution >= 0.6 is 22.9 Å². The molecule has 2 aliphatic rings. The summed E-state index contributed by atoms with van der Waals surface area (Å²) in [7, 11) is 0. The summed E-state index contributed by atoms with van der Waals surface area (Å²) in [5, 5.41) is 9.27. The van der Waals surface area contributed by atoms with Crippen molar-refractivity contribution in [2.75, 3.05) is 18.4 Å². The third-order valence-electron chi connectivity index (χ3n) is 6.64. The molecule has 5 rings (SSSR count). The molecule has 1 saturated carbocycles. The van der Waals surface area contributed by atoms with E-state index in [1.54, 1.807) is 0 Å². The van der Waals surface area contributed by atoms with Crippen LogP contribution in [0, 0.1) is 5.92 Å². The van der Waals surface area contributed by atoms with Crippen LogP contribution in [0.2, 0.25) is 5.02 Å². The predicted molar refractivity (Wildman–Crippen MR) is 129 cm³/mol. The van der Waals surface area contributed by atoms with Gasteiger partial charge in [0.2, 0.25) is 0 Å². The summed E-state index contributed by atoms with van der Waals surface area (Å²) < 4.78 is 1.31. The second-order valence-electron chi connectivity index (χ2n) is 8.78. The van der Waals surface area contributed by atoms with Gasteiger partial charge in [-0.25, -0.2) is 4.98 Å². The van der Waals surface area contributed by atoms with E-state index in [0.29, 0.717) is 0 Å². The van der Waals surface area contributed by atoms with Crippen molar-refractivity contribution in [2.45, 2.75) is 57.9 Å². The van der Waals surface area contributed by atoms with Crippen LogP contribution in [0.5, 0.6) is 0 Å². The average Bonchev–Trinajstić information content (AvgIpc) is 3.00. The lowest BCUT2D eigenvalue weighted by Gasteiger charge is -2.20. The van der Waals surface area contributed by atoms with Crippen LogP contribution in [0.1, 0.15) is 53.8 Å². The van der Waals surface area contributed by atoms with Crippen molar-refractivity contribution >= 4 is 38.8 Å². The highest BCUT2D eigenvalue weighted by molar-refractivity contribution is 7.18. The van der Waals surface area contributed by atoms with Crippen molar-refractivity contribution in [1.82, 2.24) is 10.3 Å². The number of benzene rings is 2. The standard InChI is InChI=1S/C25H30ClN3S/c26-21-8-7-19-10-12-27-13-11-20(19)25(21)28-16-18-6-9-22-23(14-18)30-24(29-22)15-17-4-2-1-3-5-17/h6-9,14,17,27-28H,1-5,10-13,15-16H2. The number of thiazole rings is 1. The number of nitrogens with one attached hydrogen (secondary N) is 2. The first-order valence-electron chi connectivity index (χ1n) is 11.4. The Bertz CT molecular complexity index is 1020. The van der Waals surface area contributed by atoms with E-state index < -0.39 is 0 Å². The van der Waals surface area contributed by atoms with Gasteiger partial charge in [-0.05, 0) is 66.7 Å². The molecule has 0 amide bonds. The van der Waals surface area contributed by atoms with Crippen LogP contribution < -0.4 is 10.6 Å². The lowest BCUT2D eigenvalue weighted by Crippen LogP contribution is -2.16. The SMILES string of the molecule is Clc1ccc2c(c1NCc1ccc3nc(CC4CCCCC4)sc3c1)CCNCC2. The summed E-state index contributed by atoms with van der Waals surface area (Å²) >= 11 is 8.46. The Kier molecular flexibility index (Phi) is 6.26. The van der Waals surface area contributed by atoms with Gasteiger partial charge < -0.3 is 10.6 Å². The molecule has 0 saturated heterocycles. The van der Waals surface area contributed by atoms with Crippen LogP contribution in [-0.2, 0) is 25.8 Å². The second-order valence-corrected chi connectivity index (χ2v) is 10.3. The first-order chi connectivity index (χ1) is 14.8. The molecule has 2 aromatic carbocycles. The number of hydrogen-bond acceptors (Lipinski definition) is 4. The van der Waals surface area contributed by atoms with E-state index in [9.17, 15) is 0 Å². The first kappa shape index (κ1) is 20.3. The molecule has 2 heterocycles. The normalized spacial score (nSPS) is 17.6. The minimum absolute atomic E-state index is 0.787. The molecule has 3 nitrogen and oxygen atoms in total. The number of rotatable bonds is 5. The summed E-state index contributed by atoms with van der Waals surface area (Å²) in [5.41, 5.74) is 6.33. The summed E-state index contributed by atoms with van der Waals surface area (Å²) in [6, 6.07) is 10.9. The lowest BCUT2D eigenvalue weighted by molar-refractivity contribution is 0.356. The summed E-state index contributed by atoms with van der Waals surface area (Å²) in [6.45, 7) is 2.84. The maximum Gasteiger partial charge on any atom is 0.0941 e. The molecular formula is C25H30ClN3S. The van der Waals surface area contributed by atoms with Gasteiger partial charge in [0, 0.05) is 13.0 Å². The molecule has 1 aliphatic heterocycles. The van der Waals surface area contributed by atoms with Crippen molar-refractivity contribution in [3.63, 3.8) is 0 Å². The monoisotopic (exact) mass is 439 g/mol.